The third-order valence-corrected chi connectivity index (χ3v) is 3.81. The van der Waals surface area contributed by atoms with Gasteiger partial charge in [-0.1, -0.05) is 0 Å². The zero-order valence-electron chi connectivity index (χ0n) is 12.7. The first-order valence-electron chi connectivity index (χ1n) is 7.09. The van der Waals surface area contributed by atoms with Gasteiger partial charge in [-0.05, 0) is 52.4 Å². The molecule has 7 heteroatoms. The van der Waals surface area contributed by atoms with Crippen LogP contribution in [-0.4, -0.2) is 43.3 Å². The number of hydrogen-bond acceptors (Lipinski definition) is 5. The normalized spacial score (nSPS) is 22.2. The minimum atomic E-state index is -2.46. The van der Waals surface area contributed by atoms with Crippen molar-refractivity contribution < 1.29 is 22.7 Å². The Hall–Kier alpha value is -1.37. The van der Waals surface area contributed by atoms with E-state index in [9.17, 15) is 18.0 Å². The van der Waals surface area contributed by atoms with Crippen LogP contribution in [0.4, 0.5) is 4.79 Å². The van der Waals surface area contributed by atoms with Gasteiger partial charge < -0.3 is 9.53 Å². The largest absolute Gasteiger partial charge is 0.443 e. The third-order valence-electron chi connectivity index (χ3n) is 3.38. The maximum Gasteiger partial charge on any atom is 0.415 e. The second-order valence-corrected chi connectivity index (χ2v) is 7.15. The smallest absolute Gasteiger partial charge is 0.415 e. The summed E-state index contributed by atoms with van der Waals surface area (Å²) in [6.07, 6.45) is 3.50. The number of ether oxygens (including phenoxy) is 1. The predicted octanol–water partition coefficient (Wildman–Crippen LogP) is 1.87. The molecular formula is C14H23NO5S. The zero-order valence-corrected chi connectivity index (χ0v) is 13.6. The van der Waals surface area contributed by atoms with Gasteiger partial charge in [0.15, 0.2) is 0 Å². The summed E-state index contributed by atoms with van der Waals surface area (Å²) in [5.74, 6) is 0.280. The topological polar surface area (TPSA) is 80.8 Å². The van der Waals surface area contributed by atoms with Crippen LogP contribution in [0.5, 0.6) is 0 Å². The molecule has 0 heterocycles. The second kappa shape index (κ2) is 7.59. The molecule has 1 fully saturated rings. The first kappa shape index (κ1) is 17.7. The van der Waals surface area contributed by atoms with Crippen molar-refractivity contribution in [1.29, 1.82) is 0 Å². The van der Waals surface area contributed by atoms with E-state index < -0.39 is 22.0 Å². The van der Waals surface area contributed by atoms with Crippen LogP contribution < -0.4 is 0 Å². The highest BCUT2D eigenvalue weighted by molar-refractivity contribution is 7.71. The average Bonchev–Trinajstić information content (AvgIpc) is 2.36. The molecule has 0 radical (unpaired) electrons. The van der Waals surface area contributed by atoms with Crippen molar-refractivity contribution in [3.05, 3.63) is 0 Å². The lowest BCUT2D eigenvalue weighted by molar-refractivity contribution is -0.112. The summed E-state index contributed by atoms with van der Waals surface area (Å²) in [4.78, 5) is 23.9. The predicted molar refractivity (Wildman–Crippen MR) is 79.4 cm³/mol. The molecule has 0 saturated heterocycles. The molecule has 0 aromatic carbocycles. The molecule has 0 N–H and O–H groups in total. The molecule has 21 heavy (non-hydrogen) atoms. The Labute approximate surface area is 127 Å². The Kier molecular flexibility index (Phi) is 6.39. The van der Waals surface area contributed by atoms with Gasteiger partial charge in [0.1, 0.15) is 17.4 Å². The van der Waals surface area contributed by atoms with E-state index in [1.54, 1.807) is 20.8 Å². The van der Waals surface area contributed by atoms with Crippen molar-refractivity contribution in [2.24, 2.45) is 11.8 Å². The molecule has 1 rings (SSSR count). The molecule has 1 aliphatic carbocycles. The summed E-state index contributed by atoms with van der Waals surface area (Å²) in [5.41, 5.74) is 0.183. The first-order chi connectivity index (χ1) is 9.71. The molecule has 6 nitrogen and oxygen atoms in total. The number of nitrogens with zero attached hydrogens (tertiary/aromatic N) is 1. The van der Waals surface area contributed by atoms with Crippen molar-refractivity contribution in [3.8, 4) is 0 Å². The molecule has 0 atom stereocenters. The van der Waals surface area contributed by atoms with Gasteiger partial charge in [0, 0.05) is 12.5 Å². The highest BCUT2D eigenvalue weighted by atomic mass is 32.2. The fraction of sp³-hybridized carbons (Fsp3) is 0.786. The maximum atomic E-state index is 12.0. The van der Waals surface area contributed by atoms with Gasteiger partial charge >= 0.3 is 6.09 Å². The minimum Gasteiger partial charge on any atom is -0.443 e. The first-order valence-corrected chi connectivity index (χ1v) is 8.23. The van der Waals surface area contributed by atoms with Crippen molar-refractivity contribution in [3.63, 3.8) is 0 Å². The zero-order chi connectivity index (χ0) is 16.0. The Morgan fingerprint density at radius 3 is 2.24 bits per heavy atom. The molecule has 0 aromatic heterocycles. The standard InChI is InChI=1S/C14H23NO5S/c1-14(2,3)20-13(17)15(10-21(18)19)8-11-4-6-12(9-16)7-5-11/h9-12H,4-8H2,1-3H3. The highest BCUT2D eigenvalue weighted by Gasteiger charge is 2.27. The number of rotatable bonds is 4. The lowest BCUT2D eigenvalue weighted by Crippen LogP contribution is -2.39. The van der Waals surface area contributed by atoms with E-state index in [1.165, 1.54) is 0 Å². The van der Waals surface area contributed by atoms with Crippen LogP contribution in [0.2, 0.25) is 0 Å². The molecule has 1 amide bonds. The molecule has 1 saturated carbocycles. The monoisotopic (exact) mass is 317 g/mol. The number of hydrogen-bond donors (Lipinski definition) is 0. The molecule has 120 valence electrons. The Morgan fingerprint density at radius 2 is 1.81 bits per heavy atom. The summed E-state index contributed by atoms with van der Waals surface area (Å²) in [7, 11) is -2.46. The fourth-order valence-electron chi connectivity index (χ4n) is 2.37. The molecule has 0 aromatic rings. The van der Waals surface area contributed by atoms with E-state index in [1.807, 2.05) is 0 Å². The fourth-order valence-corrected chi connectivity index (χ4v) is 2.75. The minimum absolute atomic E-state index is 0.0915. The van der Waals surface area contributed by atoms with E-state index >= 15 is 0 Å². The lowest BCUT2D eigenvalue weighted by Gasteiger charge is -2.30. The quantitative estimate of drug-likeness (QED) is 0.584. The SMILES string of the molecule is CC(C)(C)OC(=O)N(C=S(=O)=O)CC1CCC(C=O)CC1. The van der Waals surface area contributed by atoms with Gasteiger partial charge in [-0.15, -0.1) is 0 Å². The van der Waals surface area contributed by atoms with Crippen LogP contribution in [0.15, 0.2) is 0 Å². The van der Waals surface area contributed by atoms with Crippen LogP contribution in [0, 0.1) is 11.8 Å². The molecule has 0 aliphatic heterocycles. The van der Waals surface area contributed by atoms with Gasteiger partial charge in [-0.3, -0.25) is 4.90 Å². The van der Waals surface area contributed by atoms with E-state index in [0.717, 1.165) is 42.4 Å². The van der Waals surface area contributed by atoms with Gasteiger partial charge in [-0.25, -0.2) is 4.79 Å². The van der Waals surface area contributed by atoms with Crippen molar-refractivity contribution in [2.45, 2.75) is 52.1 Å². The van der Waals surface area contributed by atoms with Crippen molar-refractivity contribution in [2.75, 3.05) is 6.54 Å². The molecular weight excluding hydrogens is 294 g/mol. The molecule has 0 unspecified atom stereocenters. The number of amides is 1. The van der Waals surface area contributed by atoms with Crippen LogP contribution >= 0.6 is 0 Å². The van der Waals surface area contributed by atoms with E-state index in [2.05, 4.69) is 0 Å². The maximum absolute atomic E-state index is 12.0. The lowest BCUT2D eigenvalue weighted by atomic mass is 9.82. The van der Waals surface area contributed by atoms with Gasteiger partial charge in [0.2, 0.25) is 10.3 Å². The van der Waals surface area contributed by atoms with Crippen LogP contribution in [0.25, 0.3) is 0 Å². The highest BCUT2D eigenvalue weighted by Crippen LogP contribution is 2.28. The Bertz CT molecular complexity index is 490. The molecule has 1 aliphatic rings. The molecule has 0 spiro atoms. The number of carbonyl (C=O) groups excluding carboxylic acids is 2. The van der Waals surface area contributed by atoms with Crippen LogP contribution in [0.3, 0.4) is 0 Å². The number of carbonyl (C=O) groups is 2. The molecule has 0 bridgehead atoms. The average molecular weight is 317 g/mol. The Balaban J connectivity index is 2.69. The van der Waals surface area contributed by atoms with Gasteiger partial charge in [0.25, 0.3) is 0 Å². The number of aldehydes is 1. The van der Waals surface area contributed by atoms with Crippen LogP contribution in [-0.2, 0) is 19.8 Å². The van der Waals surface area contributed by atoms with E-state index in [0.29, 0.717) is 6.54 Å². The Morgan fingerprint density at radius 1 is 1.24 bits per heavy atom. The van der Waals surface area contributed by atoms with Crippen LogP contribution in [0.1, 0.15) is 46.5 Å². The van der Waals surface area contributed by atoms with Gasteiger partial charge in [-0.2, -0.15) is 8.42 Å². The third kappa shape index (κ3) is 6.75. The van der Waals surface area contributed by atoms with Gasteiger partial charge in [0.05, 0.1) is 0 Å². The summed E-state index contributed by atoms with van der Waals surface area (Å²) >= 11 is 0. The van der Waals surface area contributed by atoms with E-state index in [4.69, 9.17) is 4.74 Å². The summed E-state index contributed by atoms with van der Waals surface area (Å²) in [6, 6.07) is 0. The van der Waals surface area contributed by atoms with Crippen molar-refractivity contribution >= 4 is 28.2 Å². The van der Waals surface area contributed by atoms with E-state index in [-0.39, 0.29) is 11.8 Å². The summed E-state index contributed by atoms with van der Waals surface area (Å²) in [5, 5.41) is 0. The summed E-state index contributed by atoms with van der Waals surface area (Å²) < 4.78 is 26.9. The van der Waals surface area contributed by atoms with Crippen molar-refractivity contribution in [1.82, 2.24) is 4.90 Å². The summed E-state index contributed by atoms with van der Waals surface area (Å²) in [6.45, 7) is 5.49. The second-order valence-electron chi connectivity index (χ2n) is 6.42.